The second-order valence-electron chi connectivity index (χ2n) is 3.29. The maximum atomic E-state index is 10.6. The van der Waals surface area contributed by atoms with Crippen molar-refractivity contribution in [2.45, 2.75) is 0 Å². The Kier molecular flexibility index (Phi) is 13.4. The number of aryl methyl sites for hydroxylation is 1. The number of phosphoric acid groups is 3. The smallest absolute Gasteiger partial charge is 0.383 e. The number of anilines is 1. The number of aromatic nitrogens is 2. The molecule has 1 rings (SSSR count). The number of nitrogens with zero attached hydrogens (tertiary/aromatic N) is 2. The Morgan fingerprint density at radius 2 is 1.12 bits per heavy atom. The Morgan fingerprint density at radius 3 is 1.29 bits per heavy atom. The molecular formula is C5H16N3O13P3. The van der Waals surface area contributed by atoms with Crippen LogP contribution in [-0.2, 0) is 20.7 Å². The molecule has 1 aromatic rings. The van der Waals surface area contributed by atoms with Gasteiger partial charge in [-0.15, -0.1) is 0 Å². The fourth-order valence-corrected chi connectivity index (χ4v) is 0.479. The molecule has 0 radical (unpaired) electrons. The zero-order valence-corrected chi connectivity index (χ0v) is 14.3. The highest BCUT2D eigenvalue weighted by Crippen LogP contribution is 2.26. The SMILES string of the molecule is Cn1ccc(N)nc1=O.O=P(O)(O)O.O=P(O)(O)O.O=P(O)(O)O. The van der Waals surface area contributed by atoms with Crippen molar-refractivity contribution in [3.63, 3.8) is 0 Å². The molecule has 0 aliphatic rings. The Balaban J connectivity index is -0.000000259. The fourth-order valence-electron chi connectivity index (χ4n) is 0.479. The van der Waals surface area contributed by atoms with E-state index >= 15 is 0 Å². The number of hydrogen-bond acceptors (Lipinski definition) is 6. The molecule has 0 bridgehead atoms. The van der Waals surface area contributed by atoms with Gasteiger partial charge in [-0.2, -0.15) is 4.98 Å². The predicted molar refractivity (Wildman–Crippen MR) is 76.7 cm³/mol. The number of nitrogens with two attached hydrogens (primary N) is 1. The normalized spacial score (nSPS) is 10.9. The summed E-state index contributed by atoms with van der Waals surface area (Å²) in [6.45, 7) is 0. The maximum absolute atomic E-state index is 10.6. The van der Waals surface area contributed by atoms with E-state index in [-0.39, 0.29) is 11.5 Å². The lowest BCUT2D eigenvalue weighted by Crippen LogP contribution is -2.19. The average molecular weight is 419 g/mol. The van der Waals surface area contributed by atoms with Crippen molar-refractivity contribution in [3.05, 3.63) is 22.7 Å². The first-order chi connectivity index (χ1) is 10.2. The molecule has 0 fully saturated rings. The molecule has 0 aromatic carbocycles. The summed E-state index contributed by atoms with van der Waals surface area (Å²) in [4.78, 5) is 78.8. The summed E-state index contributed by atoms with van der Waals surface area (Å²) in [5, 5.41) is 0. The van der Waals surface area contributed by atoms with Crippen LogP contribution in [0.3, 0.4) is 0 Å². The van der Waals surface area contributed by atoms with Gasteiger partial charge in [0.05, 0.1) is 0 Å². The first-order valence-electron chi connectivity index (χ1n) is 4.84. The molecule has 0 saturated heterocycles. The molecule has 1 heterocycles. The van der Waals surface area contributed by atoms with Crippen LogP contribution < -0.4 is 11.4 Å². The van der Waals surface area contributed by atoms with Crippen LogP contribution in [0.2, 0.25) is 0 Å². The lowest BCUT2D eigenvalue weighted by molar-refractivity contribution is 0.272. The Morgan fingerprint density at radius 1 is 0.875 bits per heavy atom. The van der Waals surface area contributed by atoms with E-state index in [0.717, 1.165) is 0 Å². The summed E-state index contributed by atoms with van der Waals surface area (Å²) in [6.07, 6.45) is 1.57. The van der Waals surface area contributed by atoms with Crippen molar-refractivity contribution < 1.29 is 57.7 Å². The van der Waals surface area contributed by atoms with Gasteiger partial charge in [-0.05, 0) is 6.07 Å². The van der Waals surface area contributed by atoms with Gasteiger partial charge < -0.3 is 54.3 Å². The number of nitrogen functional groups attached to an aromatic ring is 1. The monoisotopic (exact) mass is 419 g/mol. The lowest BCUT2D eigenvalue weighted by Gasteiger charge is -1.92. The standard InChI is InChI=1S/C5H7N3O.3H3O4P/c1-8-3-2-4(6)7-5(8)9;3*1-5(2,3)4/h2-3H,1H3,(H2,6,7,9);3*(H3,1,2,3,4). The average Bonchev–Trinajstić information content (AvgIpc) is 2.16. The topological polar surface area (TPSA) is 294 Å². The van der Waals surface area contributed by atoms with E-state index in [2.05, 4.69) is 4.98 Å². The van der Waals surface area contributed by atoms with E-state index in [9.17, 15) is 4.79 Å². The van der Waals surface area contributed by atoms with Crippen molar-refractivity contribution >= 4 is 29.3 Å². The van der Waals surface area contributed by atoms with Crippen LogP contribution in [-0.4, -0.2) is 53.6 Å². The third kappa shape index (κ3) is 58.3. The zero-order chi connectivity index (χ0) is 20.4. The fraction of sp³-hybridized carbons (Fsp3) is 0.200. The van der Waals surface area contributed by atoms with Gasteiger partial charge in [-0.25, -0.2) is 18.5 Å². The van der Waals surface area contributed by atoms with E-state index in [1.54, 1.807) is 19.3 Å². The van der Waals surface area contributed by atoms with Crippen LogP contribution >= 0.6 is 23.5 Å². The summed E-state index contributed by atoms with van der Waals surface area (Å²) < 4.78 is 28.0. The Bertz CT molecular complexity index is 597. The molecule has 144 valence electrons. The molecule has 0 aliphatic heterocycles. The Hall–Kier alpha value is -0.990. The van der Waals surface area contributed by atoms with Gasteiger partial charge in [0.1, 0.15) is 5.82 Å². The molecule has 11 N–H and O–H groups in total. The highest BCUT2D eigenvalue weighted by atomic mass is 31.2. The van der Waals surface area contributed by atoms with E-state index in [4.69, 9.17) is 63.5 Å². The molecule has 0 aliphatic carbocycles. The van der Waals surface area contributed by atoms with E-state index in [0.29, 0.717) is 0 Å². The highest BCUT2D eigenvalue weighted by Gasteiger charge is 2.01. The molecule has 24 heavy (non-hydrogen) atoms. The molecule has 0 atom stereocenters. The van der Waals surface area contributed by atoms with Gasteiger partial charge in [0.25, 0.3) is 0 Å². The largest absolute Gasteiger partial charge is 0.466 e. The Labute approximate surface area is 133 Å². The molecule has 0 saturated carbocycles. The summed E-state index contributed by atoms with van der Waals surface area (Å²) in [5.74, 6) is 0.262. The molecule has 0 amide bonds. The van der Waals surface area contributed by atoms with Crippen molar-refractivity contribution in [3.8, 4) is 0 Å². The van der Waals surface area contributed by atoms with Gasteiger partial charge >= 0.3 is 29.2 Å². The van der Waals surface area contributed by atoms with Gasteiger partial charge in [-0.1, -0.05) is 0 Å². The molecule has 19 heteroatoms. The number of hydrogen-bond donors (Lipinski definition) is 10. The summed E-state index contributed by atoms with van der Waals surface area (Å²) in [5.41, 5.74) is 4.88. The second kappa shape index (κ2) is 11.5. The minimum absolute atomic E-state index is 0.262. The van der Waals surface area contributed by atoms with Crippen molar-refractivity contribution in [1.29, 1.82) is 0 Å². The minimum Gasteiger partial charge on any atom is -0.383 e. The first-order valence-corrected chi connectivity index (χ1v) is 9.53. The zero-order valence-electron chi connectivity index (χ0n) is 11.6. The molecule has 16 nitrogen and oxygen atoms in total. The third-order valence-electron chi connectivity index (χ3n) is 0.995. The lowest BCUT2D eigenvalue weighted by atomic mass is 10.6. The van der Waals surface area contributed by atoms with Crippen LogP contribution in [0.15, 0.2) is 17.1 Å². The van der Waals surface area contributed by atoms with Gasteiger partial charge in [0.15, 0.2) is 0 Å². The van der Waals surface area contributed by atoms with Crippen molar-refractivity contribution in [2.24, 2.45) is 7.05 Å². The summed E-state index contributed by atoms with van der Waals surface area (Å²) in [7, 11) is -12.3. The quantitative estimate of drug-likeness (QED) is 0.183. The van der Waals surface area contributed by atoms with E-state index in [1.807, 2.05) is 0 Å². The van der Waals surface area contributed by atoms with Gasteiger partial charge in [0, 0.05) is 13.2 Å². The summed E-state index contributed by atoms with van der Waals surface area (Å²) >= 11 is 0. The van der Waals surface area contributed by atoms with Crippen molar-refractivity contribution in [2.75, 3.05) is 5.73 Å². The highest BCUT2D eigenvalue weighted by molar-refractivity contribution is 7.45. The second-order valence-corrected chi connectivity index (χ2v) is 6.37. The number of rotatable bonds is 0. The first kappa shape index (κ1) is 27.8. The van der Waals surface area contributed by atoms with Gasteiger partial charge in [-0.3, -0.25) is 0 Å². The third-order valence-corrected chi connectivity index (χ3v) is 0.995. The maximum Gasteiger partial charge on any atom is 0.466 e. The minimum atomic E-state index is -4.64. The van der Waals surface area contributed by atoms with Crippen LogP contribution in [0.4, 0.5) is 5.82 Å². The molecule has 1 aromatic heterocycles. The predicted octanol–water partition coefficient (Wildman–Crippen LogP) is -3.42. The summed E-state index contributed by atoms with van der Waals surface area (Å²) in [6, 6.07) is 1.57. The molecular weight excluding hydrogens is 403 g/mol. The van der Waals surface area contributed by atoms with E-state index < -0.39 is 23.5 Å². The molecule has 0 spiro atoms. The van der Waals surface area contributed by atoms with E-state index in [1.165, 1.54) is 4.57 Å². The van der Waals surface area contributed by atoms with Crippen LogP contribution in [0.5, 0.6) is 0 Å². The van der Waals surface area contributed by atoms with Crippen LogP contribution in [0, 0.1) is 0 Å². The van der Waals surface area contributed by atoms with Crippen molar-refractivity contribution in [1.82, 2.24) is 9.55 Å². The van der Waals surface area contributed by atoms with Crippen LogP contribution in [0.1, 0.15) is 0 Å². The van der Waals surface area contributed by atoms with Crippen LogP contribution in [0.25, 0.3) is 0 Å². The molecule has 0 unspecified atom stereocenters. The van der Waals surface area contributed by atoms with Gasteiger partial charge in [0.2, 0.25) is 0 Å².